The Bertz CT molecular complexity index is 219. The minimum atomic E-state index is 0.792. The van der Waals surface area contributed by atoms with Gasteiger partial charge in [-0.1, -0.05) is 27.2 Å². The minimum absolute atomic E-state index is 0.792. The second-order valence-corrected chi connectivity index (χ2v) is 6.38. The quantitative estimate of drug-likeness (QED) is 0.810. The fraction of sp³-hybridized carbons (Fsp3) is 1.00. The first kappa shape index (κ1) is 13.4. The van der Waals surface area contributed by atoms with Crippen molar-refractivity contribution in [2.75, 3.05) is 19.6 Å². The van der Waals surface area contributed by atoms with Crippen LogP contribution in [-0.4, -0.2) is 36.6 Å². The van der Waals surface area contributed by atoms with Crippen LogP contribution < -0.4 is 5.32 Å². The molecule has 2 fully saturated rings. The van der Waals surface area contributed by atoms with Crippen LogP contribution in [0, 0.1) is 11.8 Å². The van der Waals surface area contributed by atoms with Crippen LogP contribution in [0.1, 0.15) is 52.9 Å². The van der Waals surface area contributed by atoms with E-state index in [9.17, 15) is 0 Å². The maximum atomic E-state index is 3.72. The lowest BCUT2D eigenvalue weighted by Crippen LogP contribution is -2.43. The van der Waals surface area contributed by atoms with E-state index in [2.05, 4.69) is 31.0 Å². The molecular weight excluding hydrogens is 208 g/mol. The van der Waals surface area contributed by atoms with Gasteiger partial charge in [-0.3, -0.25) is 4.90 Å². The van der Waals surface area contributed by atoms with Crippen LogP contribution in [0.5, 0.6) is 0 Å². The molecular formula is C15H30N2. The van der Waals surface area contributed by atoms with E-state index < -0.39 is 0 Å². The lowest BCUT2D eigenvalue weighted by molar-refractivity contribution is 0.162. The highest BCUT2D eigenvalue weighted by molar-refractivity contribution is 4.89. The van der Waals surface area contributed by atoms with Crippen molar-refractivity contribution in [3.8, 4) is 0 Å². The van der Waals surface area contributed by atoms with E-state index in [1.54, 1.807) is 0 Å². The molecule has 0 bridgehead atoms. The summed E-state index contributed by atoms with van der Waals surface area (Å²) in [5.74, 6) is 1.80. The molecule has 2 rings (SSSR count). The van der Waals surface area contributed by atoms with Crippen molar-refractivity contribution < 1.29 is 0 Å². The Morgan fingerprint density at radius 1 is 1.12 bits per heavy atom. The molecule has 0 amide bonds. The summed E-state index contributed by atoms with van der Waals surface area (Å²) < 4.78 is 0. The summed E-state index contributed by atoms with van der Waals surface area (Å²) in [6, 6.07) is 1.66. The van der Waals surface area contributed by atoms with Gasteiger partial charge in [-0.15, -0.1) is 0 Å². The van der Waals surface area contributed by atoms with Crippen LogP contribution in [0.15, 0.2) is 0 Å². The highest BCUT2D eigenvalue weighted by atomic mass is 15.2. The third kappa shape index (κ3) is 3.45. The molecule has 17 heavy (non-hydrogen) atoms. The third-order valence-corrected chi connectivity index (χ3v) is 4.86. The zero-order valence-electron chi connectivity index (χ0n) is 11.9. The first-order valence-corrected chi connectivity index (χ1v) is 7.68. The standard InChI is InChI=1S/C15H30N2/c1-4-8-16-14-6-5-7-15(9-14)17-10-12(2)13(3)11-17/h12-16H,4-11H2,1-3H3. The zero-order chi connectivity index (χ0) is 12.3. The average Bonchev–Trinajstić information content (AvgIpc) is 2.68. The van der Waals surface area contributed by atoms with Crippen LogP contribution in [0.3, 0.4) is 0 Å². The molecule has 1 aliphatic carbocycles. The van der Waals surface area contributed by atoms with Gasteiger partial charge in [0.05, 0.1) is 0 Å². The van der Waals surface area contributed by atoms with E-state index in [1.807, 2.05) is 0 Å². The summed E-state index contributed by atoms with van der Waals surface area (Å²) >= 11 is 0. The Hall–Kier alpha value is -0.0800. The van der Waals surface area contributed by atoms with Gasteiger partial charge in [0.1, 0.15) is 0 Å². The molecule has 0 spiro atoms. The Balaban J connectivity index is 1.81. The highest BCUT2D eigenvalue weighted by Gasteiger charge is 2.33. The Morgan fingerprint density at radius 3 is 2.47 bits per heavy atom. The first-order valence-electron chi connectivity index (χ1n) is 7.68. The smallest absolute Gasteiger partial charge is 0.0110 e. The summed E-state index contributed by atoms with van der Waals surface area (Å²) in [6.07, 6.45) is 6.91. The first-order chi connectivity index (χ1) is 8.20. The van der Waals surface area contributed by atoms with Crippen molar-refractivity contribution in [3.63, 3.8) is 0 Å². The van der Waals surface area contributed by atoms with Gasteiger partial charge in [0.25, 0.3) is 0 Å². The van der Waals surface area contributed by atoms with Gasteiger partial charge >= 0.3 is 0 Å². The number of nitrogens with zero attached hydrogens (tertiary/aromatic N) is 1. The number of hydrogen-bond donors (Lipinski definition) is 1. The summed E-state index contributed by atoms with van der Waals surface area (Å²) in [4.78, 5) is 2.77. The molecule has 100 valence electrons. The molecule has 1 heterocycles. The van der Waals surface area contributed by atoms with E-state index in [1.165, 1.54) is 51.7 Å². The molecule has 4 unspecified atom stereocenters. The second-order valence-electron chi connectivity index (χ2n) is 6.38. The van der Waals surface area contributed by atoms with Crippen LogP contribution >= 0.6 is 0 Å². The molecule has 2 aliphatic rings. The molecule has 0 aromatic heterocycles. The van der Waals surface area contributed by atoms with Crippen molar-refractivity contribution in [3.05, 3.63) is 0 Å². The topological polar surface area (TPSA) is 15.3 Å². The molecule has 1 saturated heterocycles. The Labute approximate surface area is 107 Å². The molecule has 0 aromatic rings. The summed E-state index contributed by atoms with van der Waals surface area (Å²) in [7, 11) is 0. The Kier molecular flexibility index (Phi) is 4.87. The van der Waals surface area contributed by atoms with E-state index in [0.29, 0.717) is 0 Å². The van der Waals surface area contributed by atoms with Gasteiger partial charge in [0.15, 0.2) is 0 Å². The number of hydrogen-bond acceptors (Lipinski definition) is 2. The van der Waals surface area contributed by atoms with Crippen molar-refractivity contribution >= 4 is 0 Å². The molecule has 1 saturated carbocycles. The van der Waals surface area contributed by atoms with E-state index in [4.69, 9.17) is 0 Å². The Morgan fingerprint density at radius 2 is 1.82 bits per heavy atom. The van der Waals surface area contributed by atoms with E-state index in [-0.39, 0.29) is 0 Å². The zero-order valence-corrected chi connectivity index (χ0v) is 11.9. The number of likely N-dealkylation sites (tertiary alicyclic amines) is 1. The number of rotatable bonds is 4. The molecule has 0 aromatic carbocycles. The summed E-state index contributed by atoms with van der Waals surface area (Å²) in [6.45, 7) is 11.0. The van der Waals surface area contributed by atoms with Gasteiger partial charge in [-0.25, -0.2) is 0 Å². The van der Waals surface area contributed by atoms with Crippen LogP contribution in [0.4, 0.5) is 0 Å². The predicted molar refractivity (Wildman–Crippen MR) is 74.2 cm³/mol. The minimum Gasteiger partial charge on any atom is -0.314 e. The molecule has 2 heteroatoms. The molecule has 2 nitrogen and oxygen atoms in total. The maximum absolute atomic E-state index is 3.72. The molecule has 0 radical (unpaired) electrons. The van der Waals surface area contributed by atoms with Crippen LogP contribution in [0.2, 0.25) is 0 Å². The summed E-state index contributed by atoms with van der Waals surface area (Å²) in [5, 5.41) is 3.72. The monoisotopic (exact) mass is 238 g/mol. The summed E-state index contributed by atoms with van der Waals surface area (Å²) in [5.41, 5.74) is 0. The lowest BCUT2D eigenvalue weighted by atomic mass is 9.90. The second kappa shape index (κ2) is 6.19. The third-order valence-electron chi connectivity index (χ3n) is 4.86. The molecule has 1 N–H and O–H groups in total. The normalized spacial score (nSPS) is 39.7. The van der Waals surface area contributed by atoms with E-state index >= 15 is 0 Å². The van der Waals surface area contributed by atoms with Gasteiger partial charge < -0.3 is 5.32 Å². The van der Waals surface area contributed by atoms with Crippen molar-refractivity contribution in [2.24, 2.45) is 11.8 Å². The fourth-order valence-electron chi connectivity index (χ4n) is 3.50. The fourth-order valence-corrected chi connectivity index (χ4v) is 3.50. The van der Waals surface area contributed by atoms with Crippen LogP contribution in [-0.2, 0) is 0 Å². The van der Waals surface area contributed by atoms with E-state index in [0.717, 1.165) is 23.9 Å². The highest BCUT2D eigenvalue weighted by Crippen LogP contribution is 2.30. The molecule has 1 aliphatic heterocycles. The van der Waals surface area contributed by atoms with Crippen molar-refractivity contribution in [1.82, 2.24) is 10.2 Å². The van der Waals surface area contributed by atoms with Crippen molar-refractivity contribution in [1.29, 1.82) is 0 Å². The molecule has 4 atom stereocenters. The van der Waals surface area contributed by atoms with Gasteiger partial charge in [-0.05, 0) is 44.1 Å². The lowest BCUT2D eigenvalue weighted by Gasteiger charge is -2.36. The van der Waals surface area contributed by atoms with Gasteiger partial charge in [-0.2, -0.15) is 0 Å². The van der Waals surface area contributed by atoms with Gasteiger partial charge in [0, 0.05) is 25.2 Å². The number of nitrogens with one attached hydrogen (secondary N) is 1. The SMILES string of the molecule is CCCNC1CCCC(N2CC(C)C(C)C2)C1. The van der Waals surface area contributed by atoms with Gasteiger partial charge in [0.2, 0.25) is 0 Å². The largest absolute Gasteiger partial charge is 0.314 e. The predicted octanol–water partition coefficient (Wildman–Crippen LogP) is 2.89. The maximum Gasteiger partial charge on any atom is 0.0110 e. The van der Waals surface area contributed by atoms with Crippen molar-refractivity contribution in [2.45, 2.75) is 65.0 Å². The van der Waals surface area contributed by atoms with Crippen LogP contribution in [0.25, 0.3) is 0 Å². The average molecular weight is 238 g/mol.